The van der Waals surface area contributed by atoms with Gasteiger partial charge in [0.25, 0.3) is 11.8 Å². The SMILES string of the molecule is CC[C@H](Oc1ccccc1-c1nnc(-c2ccccc2)o1)C(=O)N1CCCCCC1. The summed E-state index contributed by atoms with van der Waals surface area (Å²) in [6, 6.07) is 17.1. The maximum Gasteiger partial charge on any atom is 0.263 e. The van der Waals surface area contributed by atoms with Crippen molar-refractivity contribution in [2.75, 3.05) is 13.1 Å². The zero-order valence-corrected chi connectivity index (χ0v) is 17.3. The van der Waals surface area contributed by atoms with Gasteiger partial charge in [-0.25, -0.2) is 0 Å². The van der Waals surface area contributed by atoms with Crippen LogP contribution in [0.1, 0.15) is 39.0 Å². The molecule has 1 atom stereocenters. The first-order valence-electron chi connectivity index (χ1n) is 10.7. The van der Waals surface area contributed by atoms with Crippen molar-refractivity contribution >= 4 is 5.91 Å². The lowest BCUT2D eigenvalue weighted by atomic mass is 10.1. The summed E-state index contributed by atoms with van der Waals surface area (Å²) in [5, 5.41) is 8.39. The first kappa shape index (κ1) is 20.1. The predicted molar refractivity (Wildman–Crippen MR) is 115 cm³/mol. The first-order valence-corrected chi connectivity index (χ1v) is 10.7. The van der Waals surface area contributed by atoms with Crippen molar-refractivity contribution < 1.29 is 13.9 Å². The van der Waals surface area contributed by atoms with E-state index in [4.69, 9.17) is 9.15 Å². The van der Waals surface area contributed by atoms with Crippen molar-refractivity contribution in [1.82, 2.24) is 15.1 Å². The highest BCUT2D eigenvalue weighted by molar-refractivity contribution is 5.81. The molecule has 1 aliphatic rings. The second-order valence-electron chi connectivity index (χ2n) is 7.53. The maximum absolute atomic E-state index is 13.1. The van der Waals surface area contributed by atoms with E-state index in [-0.39, 0.29) is 5.91 Å². The fourth-order valence-electron chi connectivity index (χ4n) is 3.73. The summed E-state index contributed by atoms with van der Waals surface area (Å²) in [7, 11) is 0. The van der Waals surface area contributed by atoms with Crippen LogP contribution in [0.4, 0.5) is 0 Å². The number of carbonyl (C=O) groups excluding carboxylic acids is 1. The molecule has 0 aliphatic carbocycles. The predicted octanol–water partition coefficient (Wildman–Crippen LogP) is 4.96. The van der Waals surface area contributed by atoms with E-state index in [1.807, 2.05) is 66.4 Å². The number of hydrogen-bond donors (Lipinski definition) is 0. The zero-order chi connectivity index (χ0) is 20.8. The van der Waals surface area contributed by atoms with Gasteiger partial charge >= 0.3 is 0 Å². The fraction of sp³-hybridized carbons (Fsp3) is 0.375. The molecule has 6 heteroatoms. The molecule has 1 aromatic heterocycles. The third-order valence-electron chi connectivity index (χ3n) is 5.40. The summed E-state index contributed by atoms with van der Waals surface area (Å²) < 4.78 is 12.1. The largest absolute Gasteiger partial charge is 0.480 e. The number of carbonyl (C=O) groups is 1. The molecule has 2 heterocycles. The quantitative estimate of drug-likeness (QED) is 0.579. The standard InChI is InChI=1S/C24H27N3O3/c1-2-20(24(28)27-16-10-3-4-11-17-27)29-21-15-9-8-14-19(21)23-26-25-22(30-23)18-12-6-5-7-13-18/h5-9,12-15,20H,2-4,10-11,16-17H2,1H3/t20-/m0/s1. The van der Waals surface area contributed by atoms with Gasteiger partial charge in [-0.05, 0) is 43.5 Å². The number of benzene rings is 2. The first-order chi connectivity index (χ1) is 14.8. The van der Waals surface area contributed by atoms with Crippen LogP contribution in [-0.2, 0) is 4.79 Å². The van der Waals surface area contributed by atoms with E-state index in [1.165, 1.54) is 12.8 Å². The number of para-hydroxylation sites is 1. The molecule has 0 bridgehead atoms. The molecule has 156 valence electrons. The van der Waals surface area contributed by atoms with Crippen LogP contribution in [-0.4, -0.2) is 40.2 Å². The van der Waals surface area contributed by atoms with Gasteiger partial charge in [0, 0.05) is 18.7 Å². The van der Waals surface area contributed by atoms with E-state index in [2.05, 4.69) is 10.2 Å². The number of nitrogens with zero attached hydrogens (tertiary/aromatic N) is 3. The molecule has 1 amide bonds. The van der Waals surface area contributed by atoms with Gasteiger partial charge in [0.2, 0.25) is 5.89 Å². The van der Waals surface area contributed by atoms with Gasteiger partial charge in [-0.2, -0.15) is 0 Å². The Bertz CT molecular complexity index is 963. The van der Waals surface area contributed by atoms with Crippen LogP contribution >= 0.6 is 0 Å². The second kappa shape index (κ2) is 9.57. The van der Waals surface area contributed by atoms with Crippen LogP contribution in [0.3, 0.4) is 0 Å². The Kier molecular flexibility index (Phi) is 6.42. The van der Waals surface area contributed by atoms with Gasteiger partial charge in [0.05, 0.1) is 5.56 Å². The monoisotopic (exact) mass is 405 g/mol. The Morgan fingerprint density at radius 2 is 1.63 bits per heavy atom. The summed E-state index contributed by atoms with van der Waals surface area (Å²) in [6.45, 7) is 3.60. The summed E-state index contributed by atoms with van der Waals surface area (Å²) in [4.78, 5) is 15.0. The molecule has 0 N–H and O–H groups in total. The Morgan fingerprint density at radius 1 is 0.967 bits per heavy atom. The lowest BCUT2D eigenvalue weighted by molar-refractivity contribution is -0.138. The average molecular weight is 405 g/mol. The van der Waals surface area contributed by atoms with Gasteiger partial charge in [-0.15, -0.1) is 10.2 Å². The van der Waals surface area contributed by atoms with Crippen LogP contribution in [0.5, 0.6) is 5.75 Å². The fourth-order valence-corrected chi connectivity index (χ4v) is 3.73. The minimum Gasteiger partial charge on any atom is -0.480 e. The molecule has 30 heavy (non-hydrogen) atoms. The van der Waals surface area contributed by atoms with Gasteiger partial charge in [0.1, 0.15) is 5.75 Å². The van der Waals surface area contributed by atoms with Gasteiger partial charge in [-0.1, -0.05) is 50.1 Å². The molecule has 1 fully saturated rings. The normalized spacial score (nSPS) is 15.4. The van der Waals surface area contributed by atoms with Crippen LogP contribution in [0, 0.1) is 0 Å². The molecule has 6 nitrogen and oxygen atoms in total. The summed E-state index contributed by atoms with van der Waals surface area (Å²) >= 11 is 0. The number of aromatic nitrogens is 2. The van der Waals surface area contributed by atoms with E-state index in [1.54, 1.807) is 0 Å². The van der Waals surface area contributed by atoms with Crippen molar-refractivity contribution in [2.24, 2.45) is 0 Å². The summed E-state index contributed by atoms with van der Waals surface area (Å²) in [5.74, 6) is 1.47. The highest BCUT2D eigenvalue weighted by atomic mass is 16.5. The van der Waals surface area contributed by atoms with Crippen molar-refractivity contribution in [1.29, 1.82) is 0 Å². The summed E-state index contributed by atoms with van der Waals surface area (Å²) in [5.41, 5.74) is 1.55. The molecule has 0 unspecified atom stereocenters. The highest BCUT2D eigenvalue weighted by Gasteiger charge is 2.26. The van der Waals surface area contributed by atoms with Crippen molar-refractivity contribution in [3.8, 4) is 28.7 Å². The van der Waals surface area contributed by atoms with E-state index in [9.17, 15) is 4.79 Å². The number of hydrogen-bond acceptors (Lipinski definition) is 5. The van der Waals surface area contributed by atoms with Gasteiger partial charge < -0.3 is 14.1 Å². The Balaban J connectivity index is 1.55. The van der Waals surface area contributed by atoms with E-state index >= 15 is 0 Å². The minimum absolute atomic E-state index is 0.0599. The van der Waals surface area contributed by atoms with Gasteiger partial charge in [0.15, 0.2) is 6.10 Å². The van der Waals surface area contributed by atoms with Crippen LogP contribution < -0.4 is 4.74 Å². The van der Waals surface area contributed by atoms with E-state index < -0.39 is 6.10 Å². The molecular formula is C24H27N3O3. The lowest BCUT2D eigenvalue weighted by Gasteiger charge is -2.26. The Morgan fingerprint density at radius 3 is 2.37 bits per heavy atom. The van der Waals surface area contributed by atoms with Crippen LogP contribution in [0.2, 0.25) is 0 Å². The molecule has 0 radical (unpaired) electrons. The third kappa shape index (κ3) is 4.53. The van der Waals surface area contributed by atoms with Crippen molar-refractivity contribution in [2.45, 2.75) is 45.1 Å². The number of rotatable bonds is 6. The van der Waals surface area contributed by atoms with E-state index in [0.29, 0.717) is 29.5 Å². The smallest absolute Gasteiger partial charge is 0.263 e. The number of amides is 1. The molecule has 3 aromatic rings. The average Bonchev–Trinajstić information content (AvgIpc) is 3.13. The molecule has 1 aliphatic heterocycles. The van der Waals surface area contributed by atoms with Crippen molar-refractivity contribution in [3.05, 3.63) is 54.6 Å². The molecular weight excluding hydrogens is 378 g/mol. The Hall–Kier alpha value is -3.15. The van der Waals surface area contributed by atoms with Crippen LogP contribution in [0.25, 0.3) is 22.9 Å². The Labute approximate surface area is 176 Å². The van der Waals surface area contributed by atoms with Crippen molar-refractivity contribution in [3.63, 3.8) is 0 Å². The van der Waals surface area contributed by atoms with Crippen LogP contribution in [0.15, 0.2) is 59.0 Å². The summed E-state index contributed by atoms with van der Waals surface area (Å²) in [6.07, 6.45) is 4.56. The molecule has 1 saturated heterocycles. The van der Waals surface area contributed by atoms with E-state index in [0.717, 1.165) is 31.5 Å². The molecule has 4 rings (SSSR count). The van der Waals surface area contributed by atoms with Gasteiger partial charge in [-0.3, -0.25) is 4.79 Å². The topological polar surface area (TPSA) is 68.5 Å². The maximum atomic E-state index is 13.1. The lowest BCUT2D eigenvalue weighted by Crippen LogP contribution is -2.42. The second-order valence-corrected chi connectivity index (χ2v) is 7.53. The molecule has 2 aromatic carbocycles. The molecule has 0 saturated carbocycles. The molecule has 0 spiro atoms. The third-order valence-corrected chi connectivity index (χ3v) is 5.40. The number of likely N-dealkylation sites (tertiary alicyclic amines) is 1. The minimum atomic E-state index is -0.527. The zero-order valence-electron chi connectivity index (χ0n) is 17.3. The number of ether oxygens (including phenoxy) is 1. The highest BCUT2D eigenvalue weighted by Crippen LogP contribution is 2.32.